The van der Waals surface area contributed by atoms with Gasteiger partial charge in [0.2, 0.25) is 0 Å². The van der Waals surface area contributed by atoms with Crippen molar-refractivity contribution in [2.75, 3.05) is 6.54 Å². The Kier molecular flexibility index (Phi) is 4.73. The SMILES string of the molecule is CC(C)(C)c1nc(CNC[C@H]2CCn3ncc(C(N)=O)c3C2)cs1. The number of hydrogen-bond acceptors (Lipinski definition) is 5. The van der Waals surface area contributed by atoms with Crippen molar-refractivity contribution in [1.82, 2.24) is 20.1 Å². The Balaban J connectivity index is 1.54. The minimum Gasteiger partial charge on any atom is -0.365 e. The molecule has 1 amide bonds. The molecular weight excluding hydrogens is 322 g/mol. The summed E-state index contributed by atoms with van der Waals surface area (Å²) in [4.78, 5) is 16.2. The van der Waals surface area contributed by atoms with Gasteiger partial charge in [-0.3, -0.25) is 9.48 Å². The molecule has 24 heavy (non-hydrogen) atoms. The lowest BCUT2D eigenvalue weighted by Gasteiger charge is -2.24. The zero-order chi connectivity index (χ0) is 17.3. The van der Waals surface area contributed by atoms with Gasteiger partial charge in [0, 0.05) is 23.9 Å². The van der Waals surface area contributed by atoms with E-state index in [0.717, 1.165) is 43.9 Å². The first-order chi connectivity index (χ1) is 11.3. The van der Waals surface area contributed by atoms with Crippen molar-refractivity contribution in [2.24, 2.45) is 11.7 Å². The van der Waals surface area contributed by atoms with E-state index in [1.54, 1.807) is 17.5 Å². The number of nitrogens with two attached hydrogens (primary N) is 1. The third kappa shape index (κ3) is 3.67. The second kappa shape index (κ2) is 6.64. The zero-order valence-electron chi connectivity index (χ0n) is 14.5. The highest BCUT2D eigenvalue weighted by Crippen LogP contribution is 2.26. The molecule has 1 aliphatic heterocycles. The first kappa shape index (κ1) is 17.1. The third-order valence-corrected chi connectivity index (χ3v) is 5.69. The molecule has 0 aromatic carbocycles. The fourth-order valence-electron chi connectivity index (χ4n) is 3.02. The first-order valence-electron chi connectivity index (χ1n) is 8.34. The predicted octanol–water partition coefficient (Wildman–Crippen LogP) is 2.09. The Hall–Kier alpha value is -1.73. The Morgan fingerprint density at radius 3 is 2.96 bits per heavy atom. The molecule has 0 unspecified atom stereocenters. The van der Waals surface area contributed by atoms with Gasteiger partial charge in [-0.2, -0.15) is 5.10 Å². The van der Waals surface area contributed by atoms with Gasteiger partial charge in [0.05, 0.1) is 28.2 Å². The number of carbonyl (C=O) groups excluding carboxylic acids is 1. The fraction of sp³-hybridized carbons (Fsp3) is 0.588. The molecule has 0 saturated heterocycles. The number of rotatable bonds is 5. The molecule has 2 aromatic heterocycles. The molecule has 6 nitrogen and oxygen atoms in total. The van der Waals surface area contributed by atoms with E-state index >= 15 is 0 Å². The molecule has 1 aliphatic rings. The minimum atomic E-state index is -0.387. The number of nitrogens with zero attached hydrogens (tertiary/aromatic N) is 3. The largest absolute Gasteiger partial charge is 0.365 e. The summed E-state index contributed by atoms with van der Waals surface area (Å²) < 4.78 is 1.91. The molecule has 0 spiro atoms. The maximum absolute atomic E-state index is 11.5. The normalized spacial score (nSPS) is 17.7. The van der Waals surface area contributed by atoms with Gasteiger partial charge in [0.25, 0.3) is 5.91 Å². The minimum absolute atomic E-state index is 0.107. The topological polar surface area (TPSA) is 85.8 Å². The molecule has 1 atom stereocenters. The van der Waals surface area contributed by atoms with Crippen molar-refractivity contribution in [3.63, 3.8) is 0 Å². The summed E-state index contributed by atoms with van der Waals surface area (Å²) in [6.45, 7) is 9.09. The lowest BCUT2D eigenvalue weighted by atomic mass is 9.94. The van der Waals surface area contributed by atoms with Gasteiger partial charge in [0.15, 0.2) is 0 Å². The van der Waals surface area contributed by atoms with E-state index in [0.29, 0.717) is 11.5 Å². The average Bonchev–Trinajstić information content (AvgIpc) is 3.12. The summed E-state index contributed by atoms with van der Waals surface area (Å²) in [5, 5.41) is 11.1. The Bertz CT molecular complexity index is 728. The van der Waals surface area contributed by atoms with Crippen LogP contribution in [0.2, 0.25) is 0 Å². The third-order valence-electron chi connectivity index (χ3n) is 4.38. The molecule has 130 valence electrons. The highest BCUT2D eigenvalue weighted by molar-refractivity contribution is 7.09. The number of primary amides is 1. The molecule has 0 saturated carbocycles. The maximum Gasteiger partial charge on any atom is 0.252 e. The summed E-state index contributed by atoms with van der Waals surface area (Å²) in [5.74, 6) is 0.107. The molecule has 0 aliphatic carbocycles. The summed E-state index contributed by atoms with van der Waals surface area (Å²) in [5.41, 5.74) is 8.17. The van der Waals surface area contributed by atoms with Crippen molar-refractivity contribution in [3.05, 3.63) is 33.5 Å². The Morgan fingerprint density at radius 1 is 1.50 bits per heavy atom. The van der Waals surface area contributed by atoms with Gasteiger partial charge >= 0.3 is 0 Å². The van der Waals surface area contributed by atoms with E-state index in [2.05, 4.69) is 36.6 Å². The number of amides is 1. The highest BCUT2D eigenvalue weighted by Gasteiger charge is 2.24. The predicted molar refractivity (Wildman–Crippen MR) is 95.1 cm³/mol. The van der Waals surface area contributed by atoms with Crippen molar-refractivity contribution < 1.29 is 4.79 Å². The number of aromatic nitrogens is 3. The molecule has 3 N–H and O–H groups in total. The van der Waals surface area contributed by atoms with E-state index < -0.39 is 0 Å². The van der Waals surface area contributed by atoms with E-state index in [1.165, 1.54) is 5.01 Å². The van der Waals surface area contributed by atoms with E-state index in [1.807, 2.05) is 4.68 Å². The van der Waals surface area contributed by atoms with Crippen LogP contribution in [0.25, 0.3) is 0 Å². The number of aryl methyl sites for hydroxylation is 1. The molecule has 0 fully saturated rings. The van der Waals surface area contributed by atoms with Gasteiger partial charge in [-0.05, 0) is 25.3 Å². The number of nitrogens with one attached hydrogen (secondary N) is 1. The monoisotopic (exact) mass is 347 g/mol. The standard InChI is InChI=1S/C17H25N5OS/c1-17(2,3)16-21-12(10-24-16)8-19-7-11-4-5-22-14(6-11)13(9-20-22)15(18)23/h9-11,19H,4-8H2,1-3H3,(H2,18,23)/t11-/m0/s1. The summed E-state index contributed by atoms with van der Waals surface area (Å²) >= 11 is 1.73. The maximum atomic E-state index is 11.5. The number of carbonyl (C=O) groups is 1. The number of hydrogen-bond donors (Lipinski definition) is 2. The van der Waals surface area contributed by atoms with Crippen LogP contribution in [0.3, 0.4) is 0 Å². The van der Waals surface area contributed by atoms with Crippen LogP contribution in [0.1, 0.15) is 53.9 Å². The van der Waals surface area contributed by atoms with E-state index in [4.69, 9.17) is 10.7 Å². The van der Waals surface area contributed by atoms with Crippen molar-refractivity contribution in [1.29, 1.82) is 0 Å². The highest BCUT2D eigenvalue weighted by atomic mass is 32.1. The molecule has 7 heteroatoms. The van der Waals surface area contributed by atoms with Gasteiger partial charge in [0.1, 0.15) is 0 Å². The second-order valence-electron chi connectivity index (χ2n) is 7.48. The quantitative estimate of drug-likeness (QED) is 0.867. The van der Waals surface area contributed by atoms with Crippen molar-refractivity contribution in [2.45, 2.75) is 52.1 Å². The van der Waals surface area contributed by atoms with Crippen molar-refractivity contribution in [3.8, 4) is 0 Å². The fourth-order valence-corrected chi connectivity index (χ4v) is 3.92. The summed E-state index contributed by atoms with van der Waals surface area (Å²) in [6, 6.07) is 0. The second-order valence-corrected chi connectivity index (χ2v) is 8.33. The molecule has 3 rings (SSSR count). The molecule has 2 aromatic rings. The van der Waals surface area contributed by atoms with Gasteiger partial charge < -0.3 is 11.1 Å². The molecular formula is C17H25N5OS. The number of fused-ring (bicyclic) bond motifs is 1. The molecule has 3 heterocycles. The lowest BCUT2D eigenvalue weighted by Crippen LogP contribution is -2.30. The van der Waals surface area contributed by atoms with Gasteiger partial charge in [-0.15, -0.1) is 11.3 Å². The number of thiazole rings is 1. The van der Waals surface area contributed by atoms with Crippen LogP contribution in [0.5, 0.6) is 0 Å². The van der Waals surface area contributed by atoms with Crippen LogP contribution in [0, 0.1) is 5.92 Å². The van der Waals surface area contributed by atoms with Crippen LogP contribution in [0.4, 0.5) is 0 Å². The van der Waals surface area contributed by atoms with E-state index in [-0.39, 0.29) is 11.3 Å². The Morgan fingerprint density at radius 2 is 2.29 bits per heavy atom. The summed E-state index contributed by atoms with van der Waals surface area (Å²) in [7, 11) is 0. The Labute approximate surface area is 146 Å². The first-order valence-corrected chi connectivity index (χ1v) is 9.22. The summed E-state index contributed by atoms with van der Waals surface area (Å²) in [6.07, 6.45) is 3.50. The van der Waals surface area contributed by atoms with E-state index in [9.17, 15) is 4.79 Å². The van der Waals surface area contributed by atoms with Crippen LogP contribution in [-0.2, 0) is 24.9 Å². The van der Waals surface area contributed by atoms with Crippen molar-refractivity contribution >= 4 is 17.2 Å². The van der Waals surface area contributed by atoms with Crippen LogP contribution in [-0.4, -0.2) is 27.2 Å². The average molecular weight is 347 g/mol. The van der Waals surface area contributed by atoms with Crippen LogP contribution >= 0.6 is 11.3 Å². The molecule has 0 radical (unpaired) electrons. The lowest BCUT2D eigenvalue weighted by molar-refractivity contribution is 0.0998. The zero-order valence-corrected chi connectivity index (χ0v) is 15.3. The molecule has 0 bridgehead atoms. The van der Waals surface area contributed by atoms with Gasteiger partial charge in [-0.25, -0.2) is 4.98 Å². The van der Waals surface area contributed by atoms with Crippen LogP contribution in [0.15, 0.2) is 11.6 Å². The smallest absolute Gasteiger partial charge is 0.252 e. The van der Waals surface area contributed by atoms with Crippen LogP contribution < -0.4 is 11.1 Å². The van der Waals surface area contributed by atoms with Gasteiger partial charge in [-0.1, -0.05) is 20.8 Å².